The van der Waals surface area contributed by atoms with Crippen molar-refractivity contribution in [1.29, 1.82) is 0 Å². The Hall–Kier alpha value is -2.76. The average Bonchev–Trinajstić information content (AvgIpc) is 3.18. The highest BCUT2D eigenvalue weighted by atomic mass is 35.5. The summed E-state index contributed by atoms with van der Waals surface area (Å²) in [7, 11) is 1.65. The Bertz CT molecular complexity index is 1430. The summed E-state index contributed by atoms with van der Waals surface area (Å²) in [6.45, 7) is 0. The number of ether oxygens (including phenoxy) is 1. The fourth-order valence-corrected chi connectivity index (χ4v) is 4.24. The molecule has 33 heavy (non-hydrogen) atoms. The highest BCUT2D eigenvalue weighted by Gasteiger charge is 2.19. The molecule has 0 radical (unpaired) electrons. The third kappa shape index (κ3) is 4.53. The first-order valence-corrected chi connectivity index (χ1v) is 10.9. The highest BCUT2D eigenvalue weighted by molar-refractivity contribution is 6.36. The Labute approximate surface area is 212 Å². The molecule has 0 N–H and O–H groups in total. The molecule has 0 amide bonds. The molecule has 0 atom stereocenters. The van der Waals surface area contributed by atoms with Crippen molar-refractivity contribution >= 4 is 53.0 Å². The smallest absolute Gasteiger partial charge is 0.234 e. The van der Waals surface area contributed by atoms with Gasteiger partial charge in [0, 0.05) is 39.1 Å². The number of methoxy groups -OCH3 is 1. The summed E-state index contributed by atoms with van der Waals surface area (Å²) in [5, 5.41) is 1.76. The van der Waals surface area contributed by atoms with Gasteiger partial charge in [-0.1, -0.05) is 59.1 Å². The predicted octanol–water partition coefficient (Wildman–Crippen LogP) is 8.12. The van der Waals surface area contributed by atoms with Gasteiger partial charge in [0.05, 0.1) is 23.5 Å². The molecule has 2 heterocycles. The molecule has 8 heteroatoms. The minimum Gasteiger partial charge on any atom is -0.497 e. The number of imidazole rings is 1. The van der Waals surface area contributed by atoms with Crippen molar-refractivity contribution in [1.82, 2.24) is 14.4 Å². The molecule has 5 rings (SSSR count). The van der Waals surface area contributed by atoms with Crippen molar-refractivity contribution in [2.45, 2.75) is 0 Å². The van der Waals surface area contributed by atoms with Crippen LogP contribution in [0.5, 0.6) is 5.75 Å². The maximum atomic E-state index is 6.62. The van der Waals surface area contributed by atoms with Crippen LogP contribution in [0, 0.1) is 0 Å². The molecule has 0 aliphatic rings. The first-order chi connectivity index (χ1) is 15.5. The number of nitrogens with zero attached hydrogens (tertiary/aromatic N) is 3. The standard InChI is InChI=1S/C25H16Cl3N3O.ClH/c1-32-20-9-4-15(5-10-20)17-13-29-25-30-23(16-2-6-18(26)7-3-16)24(31(25)14-17)21-11-8-19(27)12-22(21)28;/h2-14H,1H3;1H. The summed E-state index contributed by atoms with van der Waals surface area (Å²) >= 11 is 18.9. The lowest BCUT2D eigenvalue weighted by molar-refractivity contribution is 0.415. The first kappa shape index (κ1) is 23.4. The number of hydrogen-bond acceptors (Lipinski definition) is 3. The van der Waals surface area contributed by atoms with Crippen LogP contribution in [0.4, 0.5) is 0 Å². The first-order valence-electron chi connectivity index (χ1n) is 9.77. The highest BCUT2D eigenvalue weighted by Crippen LogP contribution is 2.38. The van der Waals surface area contributed by atoms with Gasteiger partial charge >= 0.3 is 0 Å². The number of hydrogen-bond donors (Lipinski definition) is 0. The number of fused-ring (bicyclic) bond motifs is 1. The van der Waals surface area contributed by atoms with Crippen molar-refractivity contribution in [2.75, 3.05) is 7.11 Å². The zero-order valence-electron chi connectivity index (χ0n) is 17.3. The normalized spacial score (nSPS) is 10.8. The van der Waals surface area contributed by atoms with E-state index in [2.05, 4.69) is 4.98 Å². The van der Waals surface area contributed by atoms with Gasteiger partial charge in [0.25, 0.3) is 0 Å². The topological polar surface area (TPSA) is 39.4 Å². The molecule has 0 aliphatic carbocycles. The molecule has 5 aromatic rings. The van der Waals surface area contributed by atoms with Crippen LogP contribution in [0.15, 0.2) is 79.1 Å². The number of rotatable bonds is 4. The molecular weight excluding hydrogens is 500 g/mol. The van der Waals surface area contributed by atoms with E-state index < -0.39 is 0 Å². The molecule has 0 saturated heterocycles. The van der Waals surface area contributed by atoms with E-state index in [1.807, 2.05) is 77.5 Å². The van der Waals surface area contributed by atoms with Crippen molar-refractivity contribution in [3.8, 4) is 39.4 Å². The summed E-state index contributed by atoms with van der Waals surface area (Å²) in [4.78, 5) is 9.43. The van der Waals surface area contributed by atoms with Gasteiger partial charge in [-0.25, -0.2) is 9.97 Å². The summed E-state index contributed by atoms with van der Waals surface area (Å²) in [6, 6.07) is 20.8. The lowest BCUT2D eigenvalue weighted by Crippen LogP contribution is -1.94. The molecule has 2 aromatic heterocycles. The van der Waals surface area contributed by atoms with Gasteiger partial charge in [-0.3, -0.25) is 4.40 Å². The number of aromatic nitrogens is 3. The fraction of sp³-hybridized carbons (Fsp3) is 0.0400. The van der Waals surface area contributed by atoms with Crippen LogP contribution in [0.25, 0.3) is 39.4 Å². The lowest BCUT2D eigenvalue weighted by Gasteiger charge is -2.10. The maximum absolute atomic E-state index is 6.62. The van der Waals surface area contributed by atoms with Gasteiger partial charge in [-0.05, 0) is 48.0 Å². The summed E-state index contributed by atoms with van der Waals surface area (Å²) < 4.78 is 7.23. The van der Waals surface area contributed by atoms with Crippen LogP contribution in [-0.2, 0) is 0 Å². The third-order valence-electron chi connectivity index (χ3n) is 5.21. The monoisotopic (exact) mass is 515 g/mol. The second-order valence-electron chi connectivity index (χ2n) is 7.18. The minimum absolute atomic E-state index is 0. The SMILES string of the molecule is COc1ccc(-c2cnc3nc(-c4ccc(Cl)cc4)c(-c4ccc(Cl)cc4Cl)n3c2)cc1.Cl. The lowest BCUT2D eigenvalue weighted by atomic mass is 10.0. The zero-order valence-corrected chi connectivity index (χ0v) is 20.4. The van der Waals surface area contributed by atoms with Crippen molar-refractivity contribution in [3.63, 3.8) is 0 Å². The van der Waals surface area contributed by atoms with Gasteiger partial charge < -0.3 is 4.74 Å². The van der Waals surface area contributed by atoms with Crippen molar-refractivity contribution < 1.29 is 4.74 Å². The average molecular weight is 517 g/mol. The van der Waals surface area contributed by atoms with Gasteiger partial charge in [-0.15, -0.1) is 12.4 Å². The molecule has 3 aromatic carbocycles. The second-order valence-corrected chi connectivity index (χ2v) is 8.46. The van der Waals surface area contributed by atoms with E-state index in [1.54, 1.807) is 13.2 Å². The van der Waals surface area contributed by atoms with Crippen LogP contribution < -0.4 is 4.74 Å². The molecule has 0 saturated carbocycles. The van der Waals surface area contributed by atoms with Gasteiger partial charge in [0.15, 0.2) is 0 Å². The largest absolute Gasteiger partial charge is 0.497 e. The van der Waals surface area contributed by atoms with E-state index >= 15 is 0 Å². The van der Waals surface area contributed by atoms with E-state index in [4.69, 9.17) is 44.5 Å². The number of benzene rings is 3. The van der Waals surface area contributed by atoms with Crippen LogP contribution >= 0.6 is 47.2 Å². The molecule has 0 spiro atoms. The van der Waals surface area contributed by atoms with E-state index in [0.717, 1.165) is 39.4 Å². The van der Waals surface area contributed by atoms with Crippen molar-refractivity contribution in [2.24, 2.45) is 0 Å². The van der Waals surface area contributed by atoms with Crippen molar-refractivity contribution in [3.05, 3.63) is 94.2 Å². The summed E-state index contributed by atoms with van der Waals surface area (Å²) in [5.74, 6) is 1.36. The van der Waals surface area contributed by atoms with E-state index in [1.165, 1.54) is 0 Å². The third-order valence-corrected chi connectivity index (χ3v) is 6.01. The predicted molar refractivity (Wildman–Crippen MR) is 138 cm³/mol. The van der Waals surface area contributed by atoms with Gasteiger partial charge in [0.2, 0.25) is 5.78 Å². The molecule has 0 fully saturated rings. The molecule has 166 valence electrons. The summed E-state index contributed by atoms with van der Waals surface area (Å²) in [6.07, 6.45) is 3.82. The number of halogens is 4. The Kier molecular flexibility index (Phi) is 6.82. The fourth-order valence-electron chi connectivity index (χ4n) is 3.61. The Morgan fingerprint density at radius 2 is 1.45 bits per heavy atom. The Balaban J connectivity index is 0.00000259. The molecule has 0 aliphatic heterocycles. The molecule has 0 bridgehead atoms. The summed E-state index contributed by atoms with van der Waals surface area (Å²) in [5.41, 5.74) is 5.24. The van der Waals surface area contributed by atoms with E-state index in [9.17, 15) is 0 Å². The zero-order chi connectivity index (χ0) is 22.2. The molecule has 4 nitrogen and oxygen atoms in total. The van der Waals surface area contributed by atoms with Crippen LogP contribution in [0.2, 0.25) is 15.1 Å². The van der Waals surface area contributed by atoms with Crippen LogP contribution in [-0.4, -0.2) is 21.5 Å². The van der Waals surface area contributed by atoms with Crippen LogP contribution in [0.1, 0.15) is 0 Å². The van der Waals surface area contributed by atoms with Gasteiger partial charge in [0.1, 0.15) is 5.75 Å². The second kappa shape index (κ2) is 9.62. The maximum Gasteiger partial charge on any atom is 0.234 e. The van der Waals surface area contributed by atoms with E-state index in [-0.39, 0.29) is 12.4 Å². The minimum atomic E-state index is 0. The van der Waals surface area contributed by atoms with E-state index in [0.29, 0.717) is 20.8 Å². The van der Waals surface area contributed by atoms with Gasteiger partial charge in [-0.2, -0.15) is 0 Å². The molecule has 0 unspecified atom stereocenters. The quantitative estimate of drug-likeness (QED) is 0.242. The Morgan fingerprint density at radius 3 is 2.12 bits per heavy atom. The molecular formula is C25H17Cl4N3O. The Morgan fingerprint density at radius 1 is 0.788 bits per heavy atom. The van der Waals surface area contributed by atoms with Crippen LogP contribution in [0.3, 0.4) is 0 Å².